The van der Waals surface area contributed by atoms with Crippen LogP contribution in [0, 0.1) is 0 Å². The number of alkyl halides is 3. The Bertz CT molecular complexity index is 1200. The molecule has 1 amide bonds. The van der Waals surface area contributed by atoms with E-state index in [1.165, 1.54) is 0 Å². The van der Waals surface area contributed by atoms with Crippen molar-refractivity contribution in [3.8, 4) is 11.5 Å². The van der Waals surface area contributed by atoms with Crippen molar-refractivity contribution in [1.29, 1.82) is 0 Å². The fourth-order valence-corrected chi connectivity index (χ4v) is 4.32. The van der Waals surface area contributed by atoms with E-state index in [1.807, 2.05) is 41.3 Å². The number of benzene rings is 3. The topological polar surface area (TPSA) is 54.5 Å². The molecule has 0 spiro atoms. The van der Waals surface area contributed by atoms with Crippen LogP contribution in [-0.4, -0.2) is 74.0 Å². The number of carbonyl (C=O) groups excluding carboxylic acids is 1. The highest BCUT2D eigenvalue weighted by Crippen LogP contribution is 2.30. The van der Waals surface area contributed by atoms with Crippen molar-refractivity contribution in [1.82, 2.24) is 9.80 Å². The van der Waals surface area contributed by atoms with Gasteiger partial charge in [0.15, 0.2) is 6.61 Å². The van der Waals surface area contributed by atoms with Crippen LogP contribution in [0.25, 0.3) is 10.8 Å². The van der Waals surface area contributed by atoms with Crippen LogP contribution >= 0.6 is 0 Å². The predicted octanol–water partition coefficient (Wildman–Crippen LogP) is 4.52. The van der Waals surface area contributed by atoms with Gasteiger partial charge in [-0.05, 0) is 35.2 Å². The number of carbonyl (C=O) groups is 1. The Morgan fingerprint density at radius 1 is 0.917 bits per heavy atom. The Balaban J connectivity index is 1.18. The smallest absolute Gasteiger partial charge is 0.422 e. The zero-order chi connectivity index (χ0) is 25.1. The molecular weight excluding hydrogens is 473 g/mol. The number of halogens is 3. The molecule has 0 aliphatic carbocycles. The highest BCUT2D eigenvalue weighted by Gasteiger charge is 2.28. The van der Waals surface area contributed by atoms with Gasteiger partial charge in [-0.15, -0.1) is 0 Å². The number of rotatable bonds is 8. The van der Waals surface area contributed by atoms with E-state index < -0.39 is 12.8 Å². The van der Waals surface area contributed by atoms with Crippen molar-refractivity contribution in [3.05, 3.63) is 71.8 Å². The van der Waals surface area contributed by atoms with Crippen LogP contribution in [0.3, 0.4) is 0 Å². The Hall–Kier alpha value is -3.30. The van der Waals surface area contributed by atoms with Crippen molar-refractivity contribution < 1.29 is 32.2 Å². The second kappa shape index (κ2) is 10.4. The van der Waals surface area contributed by atoms with Crippen molar-refractivity contribution in [2.45, 2.75) is 18.8 Å². The molecule has 1 atom stereocenters. The van der Waals surface area contributed by atoms with Gasteiger partial charge in [-0.1, -0.05) is 36.4 Å². The molecule has 9 heteroatoms. The molecule has 0 bridgehead atoms. The lowest BCUT2D eigenvalue weighted by Crippen LogP contribution is -2.48. The summed E-state index contributed by atoms with van der Waals surface area (Å²) < 4.78 is 52.8. The third-order valence-corrected chi connectivity index (χ3v) is 6.33. The minimum Gasteiger partial charge on any atom is -0.490 e. The molecular formula is C27H27F3N2O4. The highest BCUT2D eigenvalue weighted by atomic mass is 19.4. The summed E-state index contributed by atoms with van der Waals surface area (Å²) in [6, 6.07) is 18.1. The molecule has 3 aromatic rings. The third-order valence-electron chi connectivity index (χ3n) is 6.33. The molecule has 2 heterocycles. The van der Waals surface area contributed by atoms with E-state index in [9.17, 15) is 18.0 Å². The first-order valence-electron chi connectivity index (χ1n) is 11.9. The minimum atomic E-state index is -4.36. The van der Waals surface area contributed by atoms with Crippen molar-refractivity contribution in [2.75, 3.05) is 46.0 Å². The maximum absolute atomic E-state index is 13.4. The average molecular weight is 501 g/mol. The van der Waals surface area contributed by atoms with Crippen LogP contribution in [0.15, 0.2) is 60.7 Å². The van der Waals surface area contributed by atoms with E-state index in [0.29, 0.717) is 44.9 Å². The quantitative estimate of drug-likeness (QED) is 0.426. The first kappa shape index (κ1) is 24.4. The van der Waals surface area contributed by atoms with Crippen LogP contribution < -0.4 is 9.47 Å². The van der Waals surface area contributed by atoms with E-state index in [2.05, 4.69) is 4.90 Å². The average Bonchev–Trinajstić information content (AvgIpc) is 3.71. The lowest BCUT2D eigenvalue weighted by molar-refractivity contribution is -0.153. The molecule has 0 N–H and O–H groups in total. The normalized spacial score (nSPS) is 18.3. The standard InChI is InChI=1S/C27H27F3N2O4/c28-27(29,30)18-36-20-7-5-19(6-8-20)15-31-11-13-32(14-12-31)26(33)24-9-10-25(35-17-21-16-34-21)23-4-2-1-3-22(23)24/h1-10,21H,11-18H2. The van der Waals surface area contributed by atoms with E-state index in [0.717, 1.165) is 28.7 Å². The van der Waals surface area contributed by atoms with Gasteiger partial charge in [0.2, 0.25) is 0 Å². The van der Waals surface area contributed by atoms with Crippen LogP contribution in [0.1, 0.15) is 15.9 Å². The van der Waals surface area contributed by atoms with Gasteiger partial charge in [-0.3, -0.25) is 9.69 Å². The Morgan fingerprint density at radius 2 is 1.61 bits per heavy atom. The van der Waals surface area contributed by atoms with E-state index in [-0.39, 0.29) is 17.8 Å². The van der Waals surface area contributed by atoms with Crippen LogP contribution in [-0.2, 0) is 11.3 Å². The van der Waals surface area contributed by atoms with E-state index >= 15 is 0 Å². The van der Waals surface area contributed by atoms with Crippen LogP contribution in [0.2, 0.25) is 0 Å². The Morgan fingerprint density at radius 3 is 2.28 bits per heavy atom. The summed E-state index contributed by atoms with van der Waals surface area (Å²) in [5.41, 5.74) is 1.64. The fourth-order valence-electron chi connectivity index (χ4n) is 4.32. The molecule has 5 rings (SSSR count). The maximum Gasteiger partial charge on any atom is 0.422 e. The molecule has 3 aromatic carbocycles. The Kier molecular flexibility index (Phi) is 7.02. The van der Waals surface area contributed by atoms with E-state index in [4.69, 9.17) is 14.2 Å². The summed E-state index contributed by atoms with van der Waals surface area (Å²) in [7, 11) is 0. The lowest BCUT2D eigenvalue weighted by atomic mass is 10.0. The van der Waals surface area contributed by atoms with Gasteiger partial charge in [0.05, 0.1) is 6.61 Å². The van der Waals surface area contributed by atoms with Gasteiger partial charge < -0.3 is 19.1 Å². The van der Waals surface area contributed by atoms with Crippen molar-refractivity contribution in [3.63, 3.8) is 0 Å². The number of piperazine rings is 1. The molecule has 2 saturated heterocycles. The van der Waals surface area contributed by atoms with Gasteiger partial charge >= 0.3 is 6.18 Å². The second-order valence-corrected chi connectivity index (χ2v) is 9.04. The summed E-state index contributed by atoms with van der Waals surface area (Å²) in [5, 5.41) is 1.78. The summed E-state index contributed by atoms with van der Waals surface area (Å²) >= 11 is 0. The molecule has 1 unspecified atom stereocenters. The molecule has 2 fully saturated rings. The molecule has 2 aliphatic rings. The first-order chi connectivity index (χ1) is 17.4. The van der Waals surface area contributed by atoms with Gasteiger partial charge in [0.25, 0.3) is 5.91 Å². The number of ether oxygens (including phenoxy) is 3. The number of hydrogen-bond acceptors (Lipinski definition) is 5. The van der Waals surface area contributed by atoms with E-state index in [1.54, 1.807) is 24.3 Å². The van der Waals surface area contributed by atoms with Crippen molar-refractivity contribution >= 4 is 16.7 Å². The zero-order valence-electron chi connectivity index (χ0n) is 19.7. The van der Waals surface area contributed by atoms with Gasteiger partial charge in [0.1, 0.15) is 24.2 Å². The molecule has 0 radical (unpaired) electrons. The number of amides is 1. The highest BCUT2D eigenvalue weighted by molar-refractivity contribution is 6.08. The van der Waals surface area contributed by atoms with Crippen LogP contribution in [0.5, 0.6) is 11.5 Å². The summed E-state index contributed by atoms with van der Waals surface area (Å²) in [4.78, 5) is 17.5. The molecule has 2 aliphatic heterocycles. The molecule has 190 valence electrons. The molecule has 0 aromatic heterocycles. The zero-order valence-corrected chi connectivity index (χ0v) is 19.7. The number of fused-ring (bicyclic) bond motifs is 1. The summed E-state index contributed by atoms with van der Waals surface area (Å²) in [6.45, 7) is 3.18. The van der Waals surface area contributed by atoms with Gasteiger partial charge in [0, 0.05) is 43.7 Å². The maximum atomic E-state index is 13.4. The molecule has 6 nitrogen and oxygen atoms in total. The first-order valence-corrected chi connectivity index (χ1v) is 11.9. The fraction of sp³-hybridized carbons (Fsp3) is 0.370. The van der Waals surface area contributed by atoms with Gasteiger partial charge in [-0.2, -0.15) is 13.2 Å². The number of hydrogen-bond donors (Lipinski definition) is 0. The van der Waals surface area contributed by atoms with Gasteiger partial charge in [-0.25, -0.2) is 0 Å². The minimum absolute atomic E-state index is 0.00547. The lowest BCUT2D eigenvalue weighted by Gasteiger charge is -2.35. The number of epoxide rings is 1. The second-order valence-electron chi connectivity index (χ2n) is 9.04. The summed E-state index contributed by atoms with van der Waals surface area (Å²) in [5.74, 6) is 0.933. The number of nitrogens with zero attached hydrogens (tertiary/aromatic N) is 2. The van der Waals surface area contributed by atoms with Crippen LogP contribution in [0.4, 0.5) is 13.2 Å². The third kappa shape index (κ3) is 6.09. The van der Waals surface area contributed by atoms with Crippen molar-refractivity contribution in [2.24, 2.45) is 0 Å². The Labute approximate surface area is 207 Å². The molecule has 0 saturated carbocycles. The molecule has 36 heavy (non-hydrogen) atoms. The SMILES string of the molecule is O=C(c1ccc(OCC2CO2)c2ccccc12)N1CCN(Cc2ccc(OCC(F)(F)F)cc2)CC1. The largest absolute Gasteiger partial charge is 0.490 e. The predicted molar refractivity (Wildman–Crippen MR) is 128 cm³/mol. The summed E-state index contributed by atoms with van der Waals surface area (Å²) in [6.07, 6.45) is -4.20. The monoisotopic (exact) mass is 500 g/mol.